The van der Waals surface area contributed by atoms with Gasteiger partial charge in [-0.3, -0.25) is 0 Å². The number of halogens is 5. The molecule has 1 saturated heterocycles. The number of esters is 1. The number of alkyl halides is 3. The van der Waals surface area contributed by atoms with Crippen molar-refractivity contribution in [2.45, 2.75) is 45.1 Å². The minimum Gasteiger partial charge on any atom is -0.464 e. The molecule has 1 aliphatic rings. The van der Waals surface area contributed by atoms with Crippen LogP contribution in [0.3, 0.4) is 0 Å². The maximum absolute atomic E-state index is 12.9. The molecule has 2 unspecified atom stereocenters. The average molecular weight is 815 g/mol. The zero-order valence-electron chi connectivity index (χ0n) is 30.5. The van der Waals surface area contributed by atoms with Gasteiger partial charge in [-0.2, -0.15) is 18.3 Å². The molecular weight excluding hydrogens is 778 g/mol. The minimum absolute atomic E-state index is 0.0484. The zero-order valence-corrected chi connectivity index (χ0v) is 32.0. The highest BCUT2D eigenvalue weighted by molar-refractivity contribution is 6.43. The lowest BCUT2D eigenvalue weighted by Gasteiger charge is -2.29. The van der Waals surface area contributed by atoms with E-state index in [-0.39, 0.29) is 29.7 Å². The third-order valence-corrected chi connectivity index (χ3v) is 8.61. The van der Waals surface area contributed by atoms with Crippen molar-refractivity contribution in [2.75, 3.05) is 20.8 Å². The van der Waals surface area contributed by atoms with Gasteiger partial charge in [0.15, 0.2) is 5.71 Å². The Hall–Kier alpha value is -5.48. The molecular formula is C39H36Cl2F3N5O7. The lowest BCUT2D eigenvalue weighted by atomic mass is 10.0. The summed E-state index contributed by atoms with van der Waals surface area (Å²) in [5.74, 6) is -0.443. The van der Waals surface area contributed by atoms with Gasteiger partial charge in [0.05, 0.1) is 36.1 Å². The molecule has 0 bridgehead atoms. The van der Waals surface area contributed by atoms with Gasteiger partial charge in [0.2, 0.25) is 5.79 Å². The van der Waals surface area contributed by atoms with Gasteiger partial charge < -0.3 is 28.6 Å². The number of aromatic nitrogens is 3. The maximum Gasteiger partial charge on any atom is 0.416 e. The van der Waals surface area contributed by atoms with Crippen LogP contribution >= 0.6 is 23.2 Å². The third-order valence-electron chi connectivity index (χ3n) is 8.04. The van der Waals surface area contributed by atoms with Crippen molar-refractivity contribution in [2.24, 2.45) is 10.3 Å². The quantitative estimate of drug-likeness (QED) is 0.0690. The first-order chi connectivity index (χ1) is 26.8. The molecule has 2 heterocycles. The van der Waals surface area contributed by atoms with E-state index >= 15 is 0 Å². The highest BCUT2D eigenvalue weighted by Crippen LogP contribution is 2.41. The molecule has 0 aliphatic carbocycles. The zero-order chi connectivity index (χ0) is 40.3. The van der Waals surface area contributed by atoms with Crippen LogP contribution in [0.25, 0.3) is 0 Å². The largest absolute Gasteiger partial charge is 0.464 e. The Labute approximate surface area is 330 Å². The van der Waals surface area contributed by atoms with Crippen LogP contribution in [0.15, 0.2) is 114 Å². The lowest BCUT2D eigenvalue weighted by Crippen LogP contribution is -2.34. The number of rotatable bonds is 12. The molecule has 56 heavy (non-hydrogen) atoms. The van der Waals surface area contributed by atoms with E-state index in [0.717, 1.165) is 12.1 Å². The summed E-state index contributed by atoms with van der Waals surface area (Å²) in [5, 5.41) is 12.9. The minimum atomic E-state index is -4.44. The van der Waals surface area contributed by atoms with E-state index in [9.17, 15) is 18.0 Å². The summed E-state index contributed by atoms with van der Waals surface area (Å²) in [6.07, 6.45) is -1.42. The predicted molar refractivity (Wildman–Crippen MR) is 202 cm³/mol. The lowest BCUT2D eigenvalue weighted by molar-refractivity contribution is -0.186. The van der Waals surface area contributed by atoms with Crippen molar-refractivity contribution in [3.05, 3.63) is 142 Å². The summed E-state index contributed by atoms with van der Waals surface area (Å²) in [4.78, 5) is 25.9. The molecule has 5 aromatic rings. The van der Waals surface area contributed by atoms with Crippen LogP contribution < -0.4 is 4.74 Å². The van der Waals surface area contributed by atoms with E-state index in [2.05, 4.69) is 20.4 Å². The molecule has 1 fully saturated rings. The molecule has 4 aromatic carbocycles. The maximum atomic E-state index is 12.9. The summed E-state index contributed by atoms with van der Waals surface area (Å²) in [6, 6.07) is 24.1. The first kappa shape index (κ1) is 41.7. The van der Waals surface area contributed by atoms with Gasteiger partial charge in [-0.05, 0) is 74.0 Å². The first-order valence-electron chi connectivity index (χ1n) is 16.8. The van der Waals surface area contributed by atoms with Gasteiger partial charge in [-0.25, -0.2) is 14.5 Å². The number of carbonyl (C=O) groups excluding carboxylic acids is 1. The number of carbonyl (C=O) groups is 1. The van der Waals surface area contributed by atoms with E-state index in [1.807, 2.05) is 19.1 Å². The van der Waals surface area contributed by atoms with Crippen LogP contribution in [-0.4, -0.2) is 59.1 Å². The van der Waals surface area contributed by atoms with Crippen LogP contribution in [0.4, 0.5) is 13.2 Å². The number of oxime groups is 2. The second kappa shape index (κ2) is 18.9. The van der Waals surface area contributed by atoms with Crippen molar-refractivity contribution < 1.29 is 46.6 Å². The van der Waals surface area contributed by atoms with Crippen LogP contribution in [0.1, 0.15) is 41.7 Å². The smallest absolute Gasteiger partial charge is 0.416 e. The monoisotopic (exact) mass is 813 g/mol. The molecule has 2 atom stereocenters. The van der Waals surface area contributed by atoms with Crippen molar-refractivity contribution >= 4 is 40.6 Å². The van der Waals surface area contributed by atoms with Crippen molar-refractivity contribution in [1.82, 2.24) is 14.8 Å². The molecule has 0 N–H and O–H groups in total. The van der Waals surface area contributed by atoms with E-state index in [1.165, 1.54) is 39.6 Å². The fraction of sp³-hybridized carbons (Fsp3) is 0.256. The van der Waals surface area contributed by atoms with Gasteiger partial charge in [0.1, 0.15) is 44.4 Å². The number of hydrogen-bond acceptors (Lipinski definition) is 11. The Bertz CT molecular complexity index is 2150. The molecule has 0 spiro atoms. The topological polar surface area (TPSA) is 128 Å². The van der Waals surface area contributed by atoms with Gasteiger partial charge in [-0.15, -0.1) is 0 Å². The molecule has 0 amide bonds. The summed E-state index contributed by atoms with van der Waals surface area (Å²) < 4.78 is 62.9. The number of methoxy groups -OCH3 is 1. The van der Waals surface area contributed by atoms with Crippen LogP contribution in [0, 0.1) is 0 Å². The van der Waals surface area contributed by atoms with Gasteiger partial charge in [-0.1, -0.05) is 69.9 Å². The second-order valence-electron chi connectivity index (χ2n) is 12.1. The highest BCUT2D eigenvalue weighted by atomic mass is 35.5. The van der Waals surface area contributed by atoms with Gasteiger partial charge >= 0.3 is 12.1 Å². The van der Waals surface area contributed by atoms with E-state index in [1.54, 1.807) is 65.6 Å². The molecule has 17 heteroatoms. The van der Waals surface area contributed by atoms with Gasteiger partial charge in [0.25, 0.3) is 0 Å². The Morgan fingerprint density at radius 3 is 2.38 bits per heavy atom. The predicted octanol–water partition coefficient (Wildman–Crippen LogP) is 8.84. The Kier molecular flexibility index (Phi) is 14.1. The standard InChI is InChI=1S/C20H19F3N2O4.C19H17Cl2N3O3/c1-13(14-8-6-9-16(11-14)20(21,22)23)24-29-12-15-7-4-5-10-17(15)18(25-28-3)19(26)27-2;1-13-9-25-19(27-13,10-24-12-22-11-23-24)17-7-6-16(8-18(17)21)26-15-4-2-14(20)3-5-15/h4-11H,12H2,1-3H3;2-8,11-13H,9-10H2,1H3/b24-13+,25-18+;. The molecule has 1 aliphatic heterocycles. The number of nitrogens with zero attached hydrogens (tertiary/aromatic N) is 5. The van der Waals surface area contributed by atoms with Gasteiger partial charge in [0, 0.05) is 21.7 Å². The summed E-state index contributed by atoms with van der Waals surface area (Å²) in [7, 11) is 2.51. The van der Waals surface area contributed by atoms with Crippen LogP contribution in [-0.2, 0) is 53.8 Å². The molecule has 0 radical (unpaired) electrons. The molecule has 0 saturated carbocycles. The Morgan fingerprint density at radius 2 is 1.73 bits per heavy atom. The second-order valence-corrected chi connectivity index (χ2v) is 12.9. The van der Waals surface area contributed by atoms with E-state index in [4.69, 9.17) is 51.8 Å². The fourth-order valence-corrected chi connectivity index (χ4v) is 5.86. The van der Waals surface area contributed by atoms with E-state index < -0.39 is 23.5 Å². The van der Waals surface area contributed by atoms with Crippen molar-refractivity contribution in [3.63, 3.8) is 0 Å². The van der Waals surface area contributed by atoms with E-state index in [0.29, 0.717) is 51.4 Å². The Balaban J connectivity index is 0.000000215. The Morgan fingerprint density at radius 1 is 0.982 bits per heavy atom. The normalized spacial score (nSPS) is 17.1. The third kappa shape index (κ3) is 10.8. The SMILES string of the molecule is CC1COC(Cn2cncn2)(c2ccc(Oc3ccc(Cl)cc3)cc2Cl)O1.CO/N=C(/C(=O)OC)c1ccccc1CO/N=C(\C)c1cccc(C(F)(F)F)c1. The molecule has 6 rings (SSSR count). The highest BCUT2D eigenvalue weighted by Gasteiger charge is 2.44. The fourth-order valence-electron chi connectivity index (χ4n) is 5.42. The summed E-state index contributed by atoms with van der Waals surface area (Å²) >= 11 is 12.5. The number of hydrogen-bond donors (Lipinski definition) is 0. The molecule has 12 nitrogen and oxygen atoms in total. The molecule has 1 aromatic heterocycles. The summed E-state index contributed by atoms with van der Waals surface area (Å²) in [6.45, 7) is 4.25. The summed E-state index contributed by atoms with van der Waals surface area (Å²) in [5.41, 5.74) is 1.44. The first-order valence-corrected chi connectivity index (χ1v) is 17.6. The number of ether oxygens (including phenoxy) is 4. The van der Waals surface area contributed by atoms with Crippen molar-refractivity contribution in [1.29, 1.82) is 0 Å². The molecule has 294 valence electrons. The van der Waals surface area contributed by atoms with Crippen LogP contribution in [0.2, 0.25) is 10.0 Å². The van der Waals surface area contributed by atoms with Crippen LogP contribution in [0.5, 0.6) is 11.5 Å². The number of benzene rings is 4. The van der Waals surface area contributed by atoms with Crippen molar-refractivity contribution in [3.8, 4) is 11.5 Å². The average Bonchev–Trinajstić information content (AvgIpc) is 3.84.